The first-order chi connectivity index (χ1) is 9.70. The summed E-state index contributed by atoms with van der Waals surface area (Å²) in [5.74, 6) is 0.485. The smallest absolute Gasteiger partial charge is 0.306 e. The number of esters is 1. The SMILES string of the molecule is CCOC(=O)CCSc1nnnn1-c1ccc(O)cc1. The lowest BCUT2D eigenvalue weighted by molar-refractivity contribution is -0.142. The molecule has 0 saturated heterocycles. The quantitative estimate of drug-likeness (QED) is 0.636. The van der Waals surface area contributed by atoms with E-state index in [0.29, 0.717) is 23.9 Å². The van der Waals surface area contributed by atoms with Crippen molar-refractivity contribution in [1.82, 2.24) is 20.2 Å². The Morgan fingerprint density at radius 3 is 2.85 bits per heavy atom. The van der Waals surface area contributed by atoms with E-state index < -0.39 is 0 Å². The molecule has 2 rings (SSSR count). The number of hydrogen-bond donors (Lipinski definition) is 1. The molecule has 0 amide bonds. The van der Waals surface area contributed by atoms with Crippen LogP contribution in [0.3, 0.4) is 0 Å². The number of tetrazole rings is 1. The fourth-order valence-corrected chi connectivity index (χ4v) is 2.29. The van der Waals surface area contributed by atoms with E-state index in [1.807, 2.05) is 0 Å². The number of ether oxygens (including phenoxy) is 1. The van der Waals surface area contributed by atoms with Crippen LogP contribution in [0.15, 0.2) is 29.4 Å². The zero-order valence-electron chi connectivity index (χ0n) is 10.9. The second-order valence-electron chi connectivity index (χ2n) is 3.79. The van der Waals surface area contributed by atoms with Crippen LogP contribution in [-0.4, -0.2) is 43.6 Å². The predicted octanol–water partition coefficient (Wildman–Crippen LogP) is 1.41. The van der Waals surface area contributed by atoms with E-state index in [2.05, 4.69) is 15.5 Å². The number of carbonyl (C=O) groups is 1. The zero-order chi connectivity index (χ0) is 14.4. The summed E-state index contributed by atoms with van der Waals surface area (Å²) in [7, 11) is 0. The van der Waals surface area contributed by atoms with Gasteiger partial charge < -0.3 is 9.84 Å². The second-order valence-corrected chi connectivity index (χ2v) is 4.86. The third-order valence-corrected chi connectivity index (χ3v) is 3.30. The standard InChI is InChI=1S/C12H14N4O3S/c1-2-19-11(18)7-8-20-12-13-14-15-16(12)9-3-5-10(17)6-4-9/h3-6,17H,2,7-8H2,1H3. The highest BCUT2D eigenvalue weighted by Crippen LogP contribution is 2.20. The maximum absolute atomic E-state index is 11.2. The molecule has 0 unspecified atom stereocenters. The monoisotopic (exact) mass is 294 g/mol. The van der Waals surface area contributed by atoms with Crippen LogP contribution in [0.1, 0.15) is 13.3 Å². The summed E-state index contributed by atoms with van der Waals surface area (Å²) >= 11 is 1.37. The highest BCUT2D eigenvalue weighted by molar-refractivity contribution is 7.99. The molecule has 0 aliphatic rings. The molecule has 2 aromatic rings. The molecule has 20 heavy (non-hydrogen) atoms. The van der Waals surface area contributed by atoms with Gasteiger partial charge in [0.25, 0.3) is 0 Å². The van der Waals surface area contributed by atoms with Crippen LogP contribution in [0.4, 0.5) is 0 Å². The number of aromatic hydroxyl groups is 1. The third-order valence-electron chi connectivity index (χ3n) is 2.38. The van der Waals surface area contributed by atoms with Crippen molar-refractivity contribution >= 4 is 17.7 Å². The van der Waals surface area contributed by atoms with Crippen molar-refractivity contribution in [2.45, 2.75) is 18.5 Å². The average molecular weight is 294 g/mol. The molecule has 0 radical (unpaired) electrons. The fourth-order valence-electron chi connectivity index (χ4n) is 1.48. The van der Waals surface area contributed by atoms with Crippen LogP contribution >= 0.6 is 11.8 Å². The van der Waals surface area contributed by atoms with Gasteiger partial charge in [-0.3, -0.25) is 4.79 Å². The molecule has 0 atom stereocenters. The van der Waals surface area contributed by atoms with Crippen LogP contribution in [0.2, 0.25) is 0 Å². The Kier molecular flexibility index (Phi) is 4.94. The molecule has 106 valence electrons. The highest BCUT2D eigenvalue weighted by Gasteiger charge is 2.10. The maximum Gasteiger partial charge on any atom is 0.306 e. The number of phenols is 1. The molecular formula is C12H14N4O3S. The van der Waals surface area contributed by atoms with Gasteiger partial charge in [0.1, 0.15) is 5.75 Å². The summed E-state index contributed by atoms with van der Waals surface area (Å²) in [6, 6.07) is 6.54. The molecule has 0 bridgehead atoms. The van der Waals surface area contributed by atoms with E-state index in [4.69, 9.17) is 4.74 Å². The molecule has 0 aliphatic carbocycles. The van der Waals surface area contributed by atoms with E-state index in [1.54, 1.807) is 35.9 Å². The van der Waals surface area contributed by atoms with Crippen molar-refractivity contribution in [3.05, 3.63) is 24.3 Å². The summed E-state index contributed by atoms with van der Waals surface area (Å²) in [6.45, 7) is 2.16. The minimum absolute atomic E-state index is 0.179. The van der Waals surface area contributed by atoms with Crippen LogP contribution in [0.25, 0.3) is 5.69 Å². The molecule has 1 aromatic carbocycles. The lowest BCUT2D eigenvalue weighted by atomic mass is 10.3. The average Bonchev–Trinajstić information content (AvgIpc) is 2.88. The molecule has 7 nitrogen and oxygen atoms in total. The summed E-state index contributed by atoms with van der Waals surface area (Å²) in [6.07, 6.45) is 0.306. The number of nitrogens with zero attached hydrogens (tertiary/aromatic N) is 4. The van der Waals surface area contributed by atoms with Crippen molar-refractivity contribution in [1.29, 1.82) is 0 Å². The van der Waals surface area contributed by atoms with Gasteiger partial charge in [-0.25, -0.2) is 0 Å². The lowest BCUT2D eigenvalue weighted by Gasteiger charge is -2.04. The number of aromatic nitrogens is 4. The van der Waals surface area contributed by atoms with Gasteiger partial charge in [-0.2, -0.15) is 4.68 Å². The number of hydrogen-bond acceptors (Lipinski definition) is 7. The number of thioether (sulfide) groups is 1. The molecule has 1 heterocycles. The maximum atomic E-state index is 11.2. The summed E-state index contributed by atoms with van der Waals surface area (Å²) in [5, 5.41) is 21.3. The van der Waals surface area contributed by atoms with Crippen LogP contribution in [0, 0.1) is 0 Å². The van der Waals surface area contributed by atoms with Gasteiger partial charge in [0.2, 0.25) is 5.16 Å². The molecular weight excluding hydrogens is 280 g/mol. The molecule has 8 heteroatoms. The van der Waals surface area contributed by atoms with Crippen molar-refractivity contribution in [3.8, 4) is 11.4 Å². The Hall–Kier alpha value is -2.09. The van der Waals surface area contributed by atoms with Gasteiger partial charge in [-0.1, -0.05) is 11.8 Å². The van der Waals surface area contributed by atoms with Crippen LogP contribution < -0.4 is 0 Å². The highest BCUT2D eigenvalue weighted by atomic mass is 32.2. The third kappa shape index (κ3) is 3.70. The molecule has 1 N–H and O–H groups in total. The van der Waals surface area contributed by atoms with E-state index >= 15 is 0 Å². The first-order valence-electron chi connectivity index (χ1n) is 6.07. The summed E-state index contributed by atoms with van der Waals surface area (Å²) < 4.78 is 6.40. The predicted molar refractivity (Wildman–Crippen MR) is 72.8 cm³/mol. The molecule has 0 saturated carbocycles. The molecule has 1 aromatic heterocycles. The fraction of sp³-hybridized carbons (Fsp3) is 0.333. The Labute approximate surface area is 119 Å². The minimum Gasteiger partial charge on any atom is -0.508 e. The zero-order valence-corrected chi connectivity index (χ0v) is 11.7. The first kappa shape index (κ1) is 14.3. The normalized spacial score (nSPS) is 10.4. The van der Waals surface area contributed by atoms with Crippen LogP contribution in [-0.2, 0) is 9.53 Å². The molecule has 0 fully saturated rings. The van der Waals surface area contributed by atoms with Gasteiger partial charge in [-0.05, 0) is 41.6 Å². The van der Waals surface area contributed by atoms with E-state index in [1.165, 1.54) is 11.8 Å². The van der Waals surface area contributed by atoms with Gasteiger partial charge in [0.05, 0.1) is 18.7 Å². The molecule has 0 aliphatic heterocycles. The Morgan fingerprint density at radius 2 is 2.15 bits per heavy atom. The van der Waals surface area contributed by atoms with Crippen molar-refractivity contribution < 1.29 is 14.6 Å². The molecule has 0 spiro atoms. The van der Waals surface area contributed by atoms with Crippen molar-refractivity contribution in [3.63, 3.8) is 0 Å². The topological polar surface area (TPSA) is 90.1 Å². The summed E-state index contributed by atoms with van der Waals surface area (Å²) in [4.78, 5) is 11.2. The van der Waals surface area contributed by atoms with Gasteiger partial charge in [0, 0.05) is 5.75 Å². The Balaban J connectivity index is 1.98. The number of benzene rings is 1. The van der Waals surface area contributed by atoms with Gasteiger partial charge >= 0.3 is 5.97 Å². The first-order valence-corrected chi connectivity index (χ1v) is 7.05. The Bertz CT molecular complexity index is 570. The van der Waals surface area contributed by atoms with Crippen molar-refractivity contribution in [2.24, 2.45) is 0 Å². The number of carbonyl (C=O) groups excluding carboxylic acids is 1. The number of rotatable bonds is 6. The summed E-state index contributed by atoms with van der Waals surface area (Å²) in [5.41, 5.74) is 0.742. The largest absolute Gasteiger partial charge is 0.508 e. The lowest BCUT2D eigenvalue weighted by Crippen LogP contribution is -2.05. The minimum atomic E-state index is -0.233. The Morgan fingerprint density at radius 1 is 1.40 bits per heavy atom. The van der Waals surface area contributed by atoms with E-state index in [0.717, 1.165) is 5.69 Å². The van der Waals surface area contributed by atoms with E-state index in [-0.39, 0.29) is 11.7 Å². The second kappa shape index (κ2) is 6.90. The number of phenolic OH excluding ortho intramolecular Hbond substituents is 1. The van der Waals surface area contributed by atoms with Gasteiger partial charge in [0.15, 0.2) is 0 Å². The van der Waals surface area contributed by atoms with Crippen molar-refractivity contribution in [2.75, 3.05) is 12.4 Å². The van der Waals surface area contributed by atoms with Gasteiger partial charge in [-0.15, -0.1) is 5.10 Å². The van der Waals surface area contributed by atoms with Crippen LogP contribution in [0.5, 0.6) is 5.75 Å². The van der Waals surface area contributed by atoms with E-state index in [9.17, 15) is 9.90 Å².